The van der Waals surface area contributed by atoms with E-state index in [4.69, 9.17) is 11.6 Å². The first kappa shape index (κ1) is 17.9. The fraction of sp³-hybridized carbons (Fsp3) is 0.412. The quantitative estimate of drug-likeness (QED) is 0.881. The van der Waals surface area contributed by atoms with E-state index in [1.165, 1.54) is 0 Å². The summed E-state index contributed by atoms with van der Waals surface area (Å²) in [7, 11) is -3.02. The molecule has 8 heteroatoms. The number of anilines is 1. The van der Waals surface area contributed by atoms with Crippen LogP contribution in [0.3, 0.4) is 0 Å². The molecule has 6 nitrogen and oxygen atoms in total. The van der Waals surface area contributed by atoms with Crippen molar-refractivity contribution in [2.75, 3.05) is 16.8 Å². The van der Waals surface area contributed by atoms with Crippen molar-refractivity contribution in [3.05, 3.63) is 46.7 Å². The van der Waals surface area contributed by atoms with Crippen LogP contribution in [0.4, 0.5) is 5.69 Å². The fourth-order valence-electron chi connectivity index (χ4n) is 2.94. The van der Waals surface area contributed by atoms with Gasteiger partial charge < -0.3 is 5.32 Å². The molecule has 134 valence electrons. The number of amides is 1. The SMILES string of the molecule is CC(C)c1cc(C(=O)Nc2ccc(Cl)cc2)nn1[C@@H]1CCS(=O)(=O)C1. The van der Waals surface area contributed by atoms with Crippen LogP contribution >= 0.6 is 11.6 Å². The van der Waals surface area contributed by atoms with Crippen LogP contribution in [0.5, 0.6) is 0 Å². The van der Waals surface area contributed by atoms with Gasteiger partial charge in [0.15, 0.2) is 15.5 Å². The molecule has 0 spiro atoms. The Labute approximate surface area is 152 Å². The van der Waals surface area contributed by atoms with E-state index in [1.807, 2.05) is 13.8 Å². The average molecular weight is 382 g/mol. The van der Waals surface area contributed by atoms with Gasteiger partial charge in [-0.3, -0.25) is 9.48 Å². The van der Waals surface area contributed by atoms with Crippen LogP contribution in [0.2, 0.25) is 5.02 Å². The topological polar surface area (TPSA) is 81.1 Å². The molecule has 1 fully saturated rings. The summed E-state index contributed by atoms with van der Waals surface area (Å²) >= 11 is 5.84. The van der Waals surface area contributed by atoms with Gasteiger partial charge in [0.25, 0.3) is 5.91 Å². The predicted molar refractivity (Wildman–Crippen MR) is 98.0 cm³/mol. The molecule has 1 atom stereocenters. The molecule has 1 aromatic heterocycles. The highest BCUT2D eigenvalue weighted by atomic mass is 35.5. The second-order valence-corrected chi connectivity index (χ2v) is 9.24. The summed E-state index contributed by atoms with van der Waals surface area (Å²) in [5.74, 6) is 0.0466. The first-order valence-electron chi connectivity index (χ1n) is 8.12. The molecule has 1 aliphatic rings. The van der Waals surface area contributed by atoms with E-state index in [1.54, 1.807) is 35.0 Å². The second kappa shape index (κ2) is 6.80. The Kier molecular flexibility index (Phi) is 4.88. The molecule has 0 radical (unpaired) electrons. The molecule has 0 saturated carbocycles. The van der Waals surface area contributed by atoms with Crippen molar-refractivity contribution in [3.63, 3.8) is 0 Å². The van der Waals surface area contributed by atoms with Gasteiger partial charge in [0.2, 0.25) is 0 Å². The molecule has 0 aliphatic carbocycles. The lowest BCUT2D eigenvalue weighted by atomic mass is 10.1. The third-order valence-electron chi connectivity index (χ3n) is 4.25. The molecule has 3 rings (SSSR count). The van der Waals surface area contributed by atoms with Crippen molar-refractivity contribution in [1.29, 1.82) is 0 Å². The van der Waals surface area contributed by atoms with Crippen molar-refractivity contribution in [3.8, 4) is 0 Å². The first-order valence-corrected chi connectivity index (χ1v) is 10.3. The van der Waals surface area contributed by atoms with Gasteiger partial charge in [0.05, 0.1) is 17.5 Å². The van der Waals surface area contributed by atoms with Gasteiger partial charge in [0.1, 0.15) is 0 Å². The average Bonchev–Trinajstić information content (AvgIpc) is 3.13. The lowest BCUT2D eigenvalue weighted by Crippen LogP contribution is -2.17. The van der Waals surface area contributed by atoms with E-state index < -0.39 is 9.84 Å². The number of benzene rings is 1. The van der Waals surface area contributed by atoms with Crippen LogP contribution in [0.25, 0.3) is 0 Å². The number of hydrogen-bond donors (Lipinski definition) is 1. The van der Waals surface area contributed by atoms with Crippen LogP contribution in [-0.4, -0.2) is 35.6 Å². The molecular formula is C17H20ClN3O3S. The minimum Gasteiger partial charge on any atom is -0.321 e. The van der Waals surface area contributed by atoms with Crippen molar-refractivity contribution in [2.24, 2.45) is 0 Å². The third kappa shape index (κ3) is 4.04. The maximum atomic E-state index is 12.5. The van der Waals surface area contributed by atoms with Gasteiger partial charge in [0, 0.05) is 16.4 Å². The van der Waals surface area contributed by atoms with Crippen LogP contribution in [-0.2, 0) is 9.84 Å². The Balaban J connectivity index is 1.86. The number of hydrogen-bond acceptors (Lipinski definition) is 4. The van der Waals surface area contributed by atoms with Crippen LogP contribution in [0.15, 0.2) is 30.3 Å². The van der Waals surface area contributed by atoms with E-state index in [0.29, 0.717) is 17.1 Å². The maximum absolute atomic E-state index is 12.5. The molecule has 1 aromatic carbocycles. The number of sulfone groups is 1. The van der Waals surface area contributed by atoms with E-state index in [2.05, 4.69) is 10.4 Å². The van der Waals surface area contributed by atoms with Crippen molar-refractivity contribution in [2.45, 2.75) is 32.2 Å². The summed E-state index contributed by atoms with van der Waals surface area (Å²) in [6.07, 6.45) is 0.530. The summed E-state index contributed by atoms with van der Waals surface area (Å²) in [5.41, 5.74) is 1.77. The standard InChI is InChI=1S/C17H20ClN3O3S/c1-11(2)16-9-15(17(22)19-13-5-3-12(18)4-6-13)20-21(16)14-7-8-25(23,24)10-14/h3-6,9,11,14H,7-8,10H2,1-2H3,(H,19,22)/t14-/m1/s1. The Morgan fingerprint density at radius 2 is 2.00 bits per heavy atom. The maximum Gasteiger partial charge on any atom is 0.276 e. The highest BCUT2D eigenvalue weighted by molar-refractivity contribution is 7.91. The largest absolute Gasteiger partial charge is 0.321 e. The molecule has 25 heavy (non-hydrogen) atoms. The zero-order valence-electron chi connectivity index (χ0n) is 14.1. The van der Waals surface area contributed by atoms with Crippen LogP contribution in [0.1, 0.15) is 48.4 Å². The zero-order chi connectivity index (χ0) is 18.2. The summed E-state index contributed by atoms with van der Waals surface area (Å²) in [6.45, 7) is 4.00. The smallest absolute Gasteiger partial charge is 0.276 e. The second-order valence-electron chi connectivity index (χ2n) is 6.57. The van der Waals surface area contributed by atoms with E-state index in [0.717, 1.165) is 5.69 Å². The summed E-state index contributed by atoms with van der Waals surface area (Å²) in [6, 6.07) is 8.34. The molecule has 1 amide bonds. The van der Waals surface area contributed by atoms with E-state index in [9.17, 15) is 13.2 Å². The number of nitrogens with one attached hydrogen (secondary N) is 1. The number of nitrogens with zero attached hydrogens (tertiary/aromatic N) is 2. The van der Waals surface area contributed by atoms with Gasteiger partial charge in [-0.1, -0.05) is 25.4 Å². The van der Waals surface area contributed by atoms with Gasteiger partial charge in [-0.05, 0) is 42.7 Å². The molecule has 1 saturated heterocycles. The molecule has 0 unspecified atom stereocenters. The minimum absolute atomic E-state index is 0.0760. The van der Waals surface area contributed by atoms with E-state index >= 15 is 0 Å². The monoisotopic (exact) mass is 381 g/mol. The molecule has 1 N–H and O–H groups in total. The van der Waals surface area contributed by atoms with Crippen molar-refractivity contribution in [1.82, 2.24) is 9.78 Å². The van der Waals surface area contributed by atoms with Crippen LogP contribution in [0, 0.1) is 0 Å². The lowest BCUT2D eigenvalue weighted by Gasteiger charge is -2.15. The van der Waals surface area contributed by atoms with Crippen molar-refractivity contribution >= 4 is 33.0 Å². The van der Waals surface area contributed by atoms with E-state index in [-0.39, 0.29) is 35.1 Å². The number of carbonyl (C=O) groups is 1. The van der Waals surface area contributed by atoms with Crippen LogP contribution < -0.4 is 5.32 Å². The van der Waals surface area contributed by atoms with Crippen molar-refractivity contribution < 1.29 is 13.2 Å². The Bertz CT molecular complexity index is 888. The molecule has 2 heterocycles. The Morgan fingerprint density at radius 1 is 1.32 bits per heavy atom. The third-order valence-corrected chi connectivity index (χ3v) is 6.25. The normalized spacial score (nSPS) is 19.3. The highest BCUT2D eigenvalue weighted by Crippen LogP contribution is 2.28. The van der Waals surface area contributed by atoms with Gasteiger partial charge in [-0.2, -0.15) is 5.10 Å². The molecule has 2 aromatic rings. The Hall–Kier alpha value is -1.86. The molecule has 0 bridgehead atoms. The number of rotatable bonds is 4. The summed E-state index contributed by atoms with van der Waals surface area (Å²) in [4.78, 5) is 12.5. The minimum atomic E-state index is -3.02. The lowest BCUT2D eigenvalue weighted by molar-refractivity contribution is 0.102. The molecular weight excluding hydrogens is 362 g/mol. The number of carbonyl (C=O) groups excluding carboxylic acids is 1. The first-order chi connectivity index (χ1) is 11.7. The number of aromatic nitrogens is 2. The molecule has 1 aliphatic heterocycles. The zero-order valence-corrected chi connectivity index (χ0v) is 15.6. The number of halogens is 1. The van der Waals surface area contributed by atoms with Gasteiger partial charge in [-0.25, -0.2) is 8.42 Å². The highest BCUT2D eigenvalue weighted by Gasteiger charge is 2.32. The van der Waals surface area contributed by atoms with Gasteiger partial charge >= 0.3 is 0 Å². The summed E-state index contributed by atoms with van der Waals surface area (Å²) < 4.78 is 25.3. The van der Waals surface area contributed by atoms with Gasteiger partial charge in [-0.15, -0.1) is 0 Å². The Morgan fingerprint density at radius 3 is 2.56 bits per heavy atom. The fourth-order valence-corrected chi connectivity index (χ4v) is 4.76. The predicted octanol–water partition coefficient (Wildman–Crippen LogP) is 3.27. The summed E-state index contributed by atoms with van der Waals surface area (Å²) in [5, 5.41) is 7.78.